The minimum Gasteiger partial charge on any atom is -0.484 e. The van der Waals surface area contributed by atoms with Crippen molar-refractivity contribution >= 4 is 5.91 Å². The molecule has 0 unspecified atom stereocenters. The largest absolute Gasteiger partial charge is 0.484 e. The van der Waals surface area contributed by atoms with Gasteiger partial charge in [0.05, 0.1) is 0 Å². The van der Waals surface area contributed by atoms with E-state index in [2.05, 4.69) is 17.1 Å². The molecule has 0 aromatic heterocycles. The molecule has 0 atom stereocenters. The zero-order chi connectivity index (χ0) is 15.1. The van der Waals surface area contributed by atoms with Crippen LogP contribution in [-0.4, -0.2) is 43.1 Å². The Hall–Kier alpha value is -1.55. The number of nitrogens with one attached hydrogen (secondary N) is 1. The number of piperidine rings is 1. The zero-order valence-corrected chi connectivity index (χ0v) is 13.1. The summed E-state index contributed by atoms with van der Waals surface area (Å²) in [7, 11) is 0. The van der Waals surface area contributed by atoms with Crippen molar-refractivity contribution in [2.45, 2.75) is 39.2 Å². The number of rotatable bonds is 6. The fourth-order valence-corrected chi connectivity index (χ4v) is 2.74. The summed E-state index contributed by atoms with van der Waals surface area (Å²) >= 11 is 0. The van der Waals surface area contributed by atoms with Crippen LogP contribution < -0.4 is 10.1 Å². The lowest BCUT2D eigenvalue weighted by atomic mass is 10.0. The van der Waals surface area contributed by atoms with E-state index in [4.69, 9.17) is 4.74 Å². The second-order valence-corrected chi connectivity index (χ2v) is 5.79. The van der Waals surface area contributed by atoms with Crippen LogP contribution in [0.5, 0.6) is 5.75 Å². The highest BCUT2D eigenvalue weighted by atomic mass is 16.5. The first-order valence-corrected chi connectivity index (χ1v) is 7.88. The summed E-state index contributed by atoms with van der Waals surface area (Å²) in [6.07, 6.45) is 3.27. The molecule has 0 spiro atoms. The fraction of sp³-hybridized carbons (Fsp3) is 0.588. The lowest BCUT2D eigenvalue weighted by Crippen LogP contribution is -2.46. The Morgan fingerprint density at radius 1 is 1.38 bits per heavy atom. The number of hydrogen-bond donors (Lipinski definition) is 1. The monoisotopic (exact) mass is 290 g/mol. The molecule has 1 saturated heterocycles. The van der Waals surface area contributed by atoms with Crippen molar-refractivity contribution in [3.8, 4) is 5.75 Å². The summed E-state index contributed by atoms with van der Waals surface area (Å²) < 4.78 is 5.53. The van der Waals surface area contributed by atoms with Crippen LogP contribution >= 0.6 is 0 Å². The quantitative estimate of drug-likeness (QED) is 0.874. The van der Waals surface area contributed by atoms with Gasteiger partial charge in [-0.2, -0.15) is 0 Å². The molecule has 1 N–H and O–H groups in total. The van der Waals surface area contributed by atoms with Crippen LogP contribution in [0, 0.1) is 6.92 Å². The first-order valence-electron chi connectivity index (χ1n) is 7.88. The van der Waals surface area contributed by atoms with E-state index >= 15 is 0 Å². The van der Waals surface area contributed by atoms with E-state index in [-0.39, 0.29) is 12.5 Å². The van der Waals surface area contributed by atoms with Gasteiger partial charge in [-0.15, -0.1) is 0 Å². The summed E-state index contributed by atoms with van der Waals surface area (Å²) in [4.78, 5) is 14.4. The van der Waals surface area contributed by atoms with Gasteiger partial charge in [-0.1, -0.05) is 19.1 Å². The molecule has 0 bridgehead atoms. The lowest BCUT2D eigenvalue weighted by Gasteiger charge is -2.32. The van der Waals surface area contributed by atoms with Crippen molar-refractivity contribution in [2.75, 3.05) is 26.2 Å². The number of benzene rings is 1. The van der Waals surface area contributed by atoms with Gasteiger partial charge in [0.1, 0.15) is 5.75 Å². The third kappa shape index (κ3) is 5.38. The number of likely N-dealkylation sites (tertiary alicyclic amines) is 1. The van der Waals surface area contributed by atoms with Gasteiger partial charge < -0.3 is 15.0 Å². The van der Waals surface area contributed by atoms with Gasteiger partial charge in [0.15, 0.2) is 6.61 Å². The van der Waals surface area contributed by atoms with E-state index in [1.165, 1.54) is 6.42 Å². The SMILES string of the molecule is CCCN1CCC(NC(=O)COc2cccc(C)c2)CC1. The van der Waals surface area contributed by atoms with Gasteiger partial charge >= 0.3 is 0 Å². The van der Waals surface area contributed by atoms with Crippen molar-refractivity contribution in [3.63, 3.8) is 0 Å². The third-order valence-electron chi connectivity index (χ3n) is 3.85. The second kappa shape index (κ2) is 8.03. The highest BCUT2D eigenvalue weighted by Gasteiger charge is 2.20. The lowest BCUT2D eigenvalue weighted by molar-refractivity contribution is -0.124. The molecular weight excluding hydrogens is 264 g/mol. The number of nitrogens with zero attached hydrogens (tertiary/aromatic N) is 1. The molecule has 4 heteroatoms. The number of carbonyl (C=O) groups is 1. The Morgan fingerprint density at radius 3 is 2.81 bits per heavy atom. The van der Waals surface area contributed by atoms with Gasteiger partial charge in [-0.05, 0) is 50.4 Å². The Labute approximate surface area is 127 Å². The molecule has 0 aliphatic carbocycles. The number of aryl methyl sites for hydroxylation is 1. The molecule has 1 heterocycles. The Morgan fingerprint density at radius 2 is 2.14 bits per heavy atom. The van der Waals surface area contributed by atoms with Crippen molar-refractivity contribution in [1.29, 1.82) is 0 Å². The predicted molar refractivity (Wildman–Crippen MR) is 84.6 cm³/mol. The van der Waals surface area contributed by atoms with Crippen molar-refractivity contribution < 1.29 is 9.53 Å². The van der Waals surface area contributed by atoms with Crippen LogP contribution in [-0.2, 0) is 4.79 Å². The Kier molecular flexibility index (Phi) is 6.05. The summed E-state index contributed by atoms with van der Waals surface area (Å²) in [6, 6.07) is 8.06. The smallest absolute Gasteiger partial charge is 0.258 e. The average molecular weight is 290 g/mol. The number of hydrogen-bond acceptors (Lipinski definition) is 3. The predicted octanol–water partition coefficient (Wildman–Crippen LogP) is 2.36. The normalized spacial score (nSPS) is 16.7. The first kappa shape index (κ1) is 15.8. The molecular formula is C17H26N2O2. The topological polar surface area (TPSA) is 41.6 Å². The van der Waals surface area contributed by atoms with E-state index in [1.54, 1.807) is 0 Å². The second-order valence-electron chi connectivity index (χ2n) is 5.79. The Balaban J connectivity index is 1.68. The number of amides is 1. The van der Waals surface area contributed by atoms with Gasteiger partial charge in [0, 0.05) is 19.1 Å². The van der Waals surface area contributed by atoms with Crippen molar-refractivity contribution in [2.24, 2.45) is 0 Å². The number of carbonyl (C=O) groups excluding carboxylic acids is 1. The zero-order valence-electron chi connectivity index (χ0n) is 13.1. The van der Waals surface area contributed by atoms with Gasteiger partial charge in [0.25, 0.3) is 5.91 Å². The van der Waals surface area contributed by atoms with E-state index in [0.717, 1.165) is 43.8 Å². The van der Waals surface area contributed by atoms with E-state index < -0.39 is 0 Å². The molecule has 4 nitrogen and oxygen atoms in total. The highest BCUT2D eigenvalue weighted by Crippen LogP contribution is 2.13. The van der Waals surface area contributed by atoms with Crippen LogP contribution in [0.2, 0.25) is 0 Å². The maximum absolute atomic E-state index is 11.9. The summed E-state index contributed by atoms with van der Waals surface area (Å²) in [5, 5.41) is 3.08. The molecule has 0 radical (unpaired) electrons. The summed E-state index contributed by atoms with van der Waals surface area (Å²) in [6.45, 7) is 7.64. The number of ether oxygens (including phenoxy) is 1. The molecule has 1 aromatic rings. The van der Waals surface area contributed by atoms with E-state index in [9.17, 15) is 4.79 Å². The maximum atomic E-state index is 11.9. The third-order valence-corrected chi connectivity index (χ3v) is 3.85. The molecule has 2 rings (SSSR count). The summed E-state index contributed by atoms with van der Waals surface area (Å²) in [5.41, 5.74) is 1.14. The molecule has 0 saturated carbocycles. The average Bonchev–Trinajstić information content (AvgIpc) is 2.48. The maximum Gasteiger partial charge on any atom is 0.258 e. The van der Waals surface area contributed by atoms with Crippen LogP contribution in [0.25, 0.3) is 0 Å². The van der Waals surface area contributed by atoms with Crippen LogP contribution in [0.3, 0.4) is 0 Å². The minimum atomic E-state index is -0.0227. The molecule has 1 aliphatic heterocycles. The Bertz CT molecular complexity index is 454. The summed E-state index contributed by atoms with van der Waals surface area (Å²) in [5.74, 6) is 0.730. The molecule has 116 valence electrons. The van der Waals surface area contributed by atoms with Gasteiger partial charge in [-0.3, -0.25) is 4.79 Å². The van der Waals surface area contributed by atoms with Crippen molar-refractivity contribution in [1.82, 2.24) is 10.2 Å². The minimum absolute atomic E-state index is 0.0227. The molecule has 1 aliphatic rings. The van der Waals surface area contributed by atoms with Crippen LogP contribution in [0.1, 0.15) is 31.7 Å². The van der Waals surface area contributed by atoms with E-state index in [0.29, 0.717) is 6.04 Å². The van der Waals surface area contributed by atoms with Crippen molar-refractivity contribution in [3.05, 3.63) is 29.8 Å². The molecule has 1 fully saturated rings. The van der Waals surface area contributed by atoms with Crippen LogP contribution in [0.15, 0.2) is 24.3 Å². The molecule has 1 aromatic carbocycles. The first-order chi connectivity index (χ1) is 10.2. The van der Waals surface area contributed by atoms with Gasteiger partial charge in [-0.25, -0.2) is 0 Å². The molecule has 21 heavy (non-hydrogen) atoms. The highest BCUT2D eigenvalue weighted by molar-refractivity contribution is 5.77. The van der Waals surface area contributed by atoms with Gasteiger partial charge in [0.2, 0.25) is 0 Å². The molecule has 1 amide bonds. The van der Waals surface area contributed by atoms with E-state index in [1.807, 2.05) is 31.2 Å². The standard InChI is InChI=1S/C17H26N2O2/c1-3-9-19-10-7-15(8-11-19)18-17(20)13-21-16-6-4-5-14(2)12-16/h4-6,12,15H,3,7-11,13H2,1-2H3,(H,18,20). The van der Waals surface area contributed by atoms with Crippen LogP contribution in [0.4, 0.5) is 0 Å². The fourth-order valence-electron chi connectivity index (χ4n) is 2.74.